The predicted molar refractivity (Wildman–Crippen MR) is 28.8 cm³/mol. The Morgan fingerprint density at radius 2 is 2.00 bits per heavy atom. The summed E-state index contributed by atoms with van der Waals surface area (Å²) in [5, 5.41) is 0. The van der Waals surface area contributed by atoms with Crippen LogP contribution in [0.4, 0.5) is 0 Å². The van der Waals surface area contributed by atoms with Crippen molar-refractivity contribution in [2.45, 2.75) is 19.8 Å². The van der Waals surface area contributed by atoms with E-state index in [1.54, 1.807) is 0 Å². The number of rotatable bonds is 2. The molecule has 1 radical (unpaired) electrons. The topological polar surface area (TPSA) is 0 Å². The summed E-state index contributed by atoms with van der Waals surface area (Å²) in [4.78, 5) is 0. The Kier molecular flexibility index (Phi) is 15.5. The van der Waals surface area contributed by atoms with Crippen molar-refractivity contribution in [3.63, 3.8) is 0 Å². The van der Waals surface area contributed by atoms with Crippen molar-refractivity contribution in [1.82, 2.24) is 0 Å². The average Bonchev–Trinajstić information content (AvgIpc) is 1.41. The van der Waals surface area contributed by atoms with Gasteiger partial charge in [-0.05, 0) is 12.2 Å². The van der Waals surface area contributed by atoms with E-state index in [2.05, 4.69) is 19.6 Å². The summed E-state index contributed by atoms with van der Waals surface area (Å²) in [6.07, 6.45) is 2.52. The molecule has 0 aromatic heterocycles. The molecule has 0 aromatic rings. The van der Waals surface area contributed by atoms with Gasteiger partial charge >= 0.3 is 17.1 Å². The van der Waals surface area contributed by atoms with E-state index in [0.717, 1.165) is 5.75 Å². The van der Waals surface area contributed by atoms with Crippen LogP contribution in [0.3, 0.4) is 0 Å². The molecule has 0 aromatic carbocycles. The molecule has 2 heteroatoms. The third kappa shape index (κ3) is 8.85. The molecular weight excluding hydrogens is 144 g/mol. The third-order valence-electron chi connectivity index (χ3n) is 0.512. The van der Waals surface area contributed by atoms with Gasteiger partial charge in [-0.15, -0.1) is 0 Å². The largest absolute Gasteiger partial charge is 2.00 e. The van der Waals surface area contributed by atoms with E-state index in [0.29, 0.717) is 0 Å². The summed E-state index contributed by atoms with van der Waals surface area (Å²) < 4.78 is 0. The number of thiol groups is 1. The summed E-state index contributed by atoms with van der Waals surface area (Å²) in [5.41, 5.74) is 0. The molecule has 41 valence electrons. The van der Waals surface area contributed by atoms with Gasteiger partial charge < -0.3 is 0 Å². The quantitative estimate of drug-likeness (QED) is 0.454. The maximum absolute atomic E-state index is 4.00. The molecule has 0 aliphatic carbocycles. The normalized spacial score (nSPS) is 7.00. The molecule has 6 heavy (non-hydrogen) atoms. The van der Waals surface area contributed by atoms with Crippen LogP contribution >= 0.6 is 12.6 Å². The van der Waals surface area contributed by atoms with Crippen LogP contribution in [0.25, 0.3) is 0 Å². The molecule has 0 amide bonds. The van der Waals surface area contributed by atoms with Crippen LogP contribution in [-0.4, -0.2) is 5.75 Å². The monoisotopic (exact) mass is 153 g/mol. The average molecular weight is 154 g/mol. The Morgan fingerprint density at radius 1 is 1.50 bits per heavy atom. The van der Waals surface area contributed by atoms with E-state index in [-0.39, 0.29) is 17.1 Å². The molecule has 0 nitrogen and oxygen atoms in total. The minimum absolute atomic E-state index is 0. The molecule has 0 aliphatic rings. The van der Waals surface area contributed by atoms with Crippen LogP contribution < -0.4 is 0 Å². The first-order chi connectivity index (χ1) is 2.41. The van der Waals surface area contributed by atoms with Gasteiger partial charge in [-0.3, -0.25) is 0 Å². The first-order valence-electron chi connectivity index (χ1n) is 2.02. The van der Waals surface area contributed by atoms with E-state index < -0.39 is 0 Å². The van der Waals surface area contributed by atoms with Crippen LogP contribution in [0, 0.1) is 0 Å². The molecule has 0 rings (SSSR count). The molecule has 0 unspecified atom stereocenters. The summed E-state index contributed by atoms with van der Waals surface area (Å²) >= 11 is 4.00. The van der Waals surface area contributed by atoms with Gasteiger partial charge in [0.2, 0.25) is 0 Å². The van der Waals surface area contributed by atoms with Gasteiger partial charge in [-0.25, -0.2) is 0 Å². The Morgan fingerprint density at radius 3 is 2.00 bits per heavy atom. The van der Waals surface area contributed by atoms with E-state index in [1.165, 1.54) is 12.8 Å². The molecule has 0 aliphatic heterocycles. The van der Waals surface area contributed by atoms with Crippen molar-refractivity contribution < 1.29 is 17.1 Å². The Labute approximate surface area is 55.6 Å². The van der Waals surface area contributed by atoms with Crippen molar-refractivity contribution in [2.75, 3.05) is 5.75 Å². The van der Waals surface area contributed by atoms with E-state index >= 15 is 0 Å². The zero-order valence-electron chi connectivity index (χ0n) is 3.87. The standard InChI is InChI=1S/C4H10S.Cu/c1-2-3-4-5;/h5H,2-4H2,1H3;/q;+2. The second kappa shape index (κ2) is 9.30. The zero-order valence-corrected chi connectivity index (χ0v) is 5.71. The summed E-state index contributed by atoms with van der Waals surface area (Å²) in [6.45, 7) is 2.16. The summed E-state index contributed by atoms with van der Waals surface area (Å²) in [7, 11) is 0. The van der Waals surface area contributed by atoms with Gasteiger partial charge in [-0.2, -0.15) is 12.6 Å². The predicted octanol–water partition coefficient (Wildman–Crippen LogP) is 1.71. The second-order valence-electron chi connectivity index (χ2n) is 1.08. The number of unbranched alkanes of at least 4 members (excludes halogenated alkanes) is 1. The zero-order chi connectivity index (χ0) is 4.12. The van der Waals surface area contributed by atoms with Crippen molar-refractivity contribution in [1.29, 1.82) is 0 Å². The van der Waals surface area contributed by atoms with Crippen LogP contribution in [-0.2, 0) is 17.1 Å². The number of hydrogen-bond donors (Lipinski definition) is 1. The molecule has 0 N–H and O–H groups in total. The van der Waals surface area contributed by atoms with Gasteiger partial charge in [-0.1, -0.05) is 13.3 Å². The van der Waals surface area contributed by atoms with Crippen LogP contribution in [0.2, 0.25) is 0 Å². The van der Waals surface area contributed by atoms with Gasteiger partial charge in [0.05, 0.1) is 0 Å². The smallest absolute Gasteiger partial charge is 0.179 e. The maximum Gasteiger partial charge on any atom is 2.00 e. The molecule has 0 fully saturated rings. The molecule has 0 saturated heterocycles. The Balaban J connectivity index is 0. The minimum Gasteiger partial charge on any atom is -0.179 e. The van der Waals surface area contributed by atoms with Crippen LogP contribution in [0.5, 0.6) is 0 Å². The first kappa shape index (κ1) is 9.98. The maximum atomic E-state index is 4.00. The first-order valence-corrected chi connectivity index (χ1v) is 2.66. The van der Waals surface area contributed by atoms with Gasteiger partial charge in [0.15, 0.2) is 0 Å². The molecule has 0 saturated carbocycles. The fraction of sp³-hybridized carbons (Fsp3) is 1.00. The van der Waals surface area contributed by atoms with E-state index in [4.69, 9.17) is 0 Å². The van der Waals surface area contributed by atoms with Gasteiger partial charge in [0.25, 0.3) is 0 Å². The molecule has 0 spiro atoms. The molecule has 0 bridgehead atoms. The second-order valence-corrected chi connectivity index (χ2v) is 1.52. The summed E-state index contributed by atoms with van der Waals surface area (Å²) in [5.74, 6) is 1.04. The van der Waals surface area contributed by atoms with Crippen LogP contribution in [0.15, 0.2) is 0 Å². The molecule has 0 heterocycles. The third-order valence-corrected chi connectivity index (χ3v) is 0.828. The van der Waals surface area contributed by atoms with Gasteiger partial charge in [0, 0.05) is 0 Å². The Hall–Kier alpha value is 0.869. The Bertz CT molecular complexity index is 15.0. The minimum atomic E-state index is 0. The van der Waals surface area contributed by atoms with Crippen molar-refractivity contribution in [2.24, 2.45) is 0 Å². The van der Waals surface area contributed by atoms with Crippen molar-refractivity contribution >= 4 is 12.6 Å². The van der Waals surface area contributed by atoms with E-state index in [9.17, 15) is 0 Å². The van der Waals surface area contributed by atoms with Crippen molar-refractivity contribution in [3.05, 3.63) is 0 Å². The fourth-order valence-corrected chi connectivity index (χ4v) is 0.474. The van der Waals surface area contributed by atoms with Gasteiger partial charge in [0.1, 0.15) is 0 Å². The van der Waals surface area contributed by atoms with E-state index in [1.807, 2.05) is 0 Å². The SMILES string of the molecule is CCCCS.[Cu+2]. The van der Waals surface area contributed by atoms with Crippen LogP contribution in [0.1, 0.15) is 19.8 Å². The van der Waals surface area contributed by atoms with Crippen molar-refractivity contribution in [3.8, 4) is 0 Å². The number of hydrogen-bond acceptors (Lipinski definition) is 1. The molecular formula is C4H10CuS+2. The molecule has 0 atom stereocenters. The fourth-order valence-electron chi connectivity index (χ4n) is 0.158. The summed E-state index contributed by atoms with van der Waals surface area (Å²) in [6, 6.07) is 0.